The summed E-state index contributed by atoms with van der Waals surface area (Å²) in [4.78, 5) is 53.4. The van der Waals surface area contributed by atoms with Gasteiger partial charge < -0.3 is 44.8 Å². The lowest BCUT2D eigenvalue weighted by atomic mass is 9.78. The molecule has 3 aliphatic rings. The van der Waals surface area contributed by atoms with Gasteiger partial charge in [0.05, 0.1) is 0 Å². The van der Waals surface area contributed by atoms with Crippen molar-refractivity contribution in [3.63, 3.8) is 0 Å². The fraction of sp³-hybridized carbons (Fsp3) is 0.608. The van der Waals surface area contributed by atoms with E-state index in [9.17, 15) is 34.8 Å². The molecular weight excluding hydrogens is 1120 g/mol. The normalized spacial score (nSPS) is 18.8. The van der Waals surface area contributed by atoms with Crippen molar-refractivity contribution in [3.05, 3.63) is 128 Å². The van der Waals surface area contributed by atoms with Gasteiger partial charge in [0.1, 0.15) is 53.7 Å². The summed E-state index contributed by atoms with van der Waals surface area (Å²) in [5, 5.41) is 43.2. The Morgan fingerprint density at radius 3 is 1.12 bits per heavy atom. The van der Waals surface area contributed by atoms with Gasteiger partial charge >= 0.3 is 17.9 Å². The number of aromatic hydroxyl groups is 4. The second kappa shape index (κ2) is 29.9. The van der Waals surface area contributed by atoms with Gasteiger partial charge in [0.2, 0.25) is 0 Å². The number of allylic oxidation sites excluding steroid dienone is 1. The third-order valence-corrected chi connectivity index (χ3v) is 18.3. The number of nitrogens with zero attached hydrogens (tertiary/aromatic N) is 2. The van der Waals surface area contributed by atoms with E-state index >= 15 is 0 Å². The first-order valence-corrected chi connectivity index (χ1v) is 32.0. The predicted octanol–water partition coefficient (Wildman–Crippen LogP) is 14.5. The van der Waals surface area contributed by atoms with Gasteiger partial charge in [0.25, 0.3) is 0 Å². The van der Waals surface area contributed by atoms with E-state index in [4.69, 9.17) is 24.0 Å². The zero-order valence-corrected chi connectivity index (χ0v) is 58.1. The van der Waals surface area contributed by atoms with Crippen molar-refractivity contribution < 1.29 is 58.8 Å². The van der Waals surface area contributed by atoms with Crippen molar-refractivity contribution in [1.82, 2.24) is 15.1 Å². The molecule has 494 valence electrons. The first-order chi connectivity index (χ1) is 41.0. The molecule has 0 saturated carbocycles. The van der Waals surface area contributed by atoms with Gasteiger partial charge in [-0.05, 0) is 244 Å². The van der Waals surface area contributed by atoms with Gasteiger partial charge in [-0.2, -0.15) is 4.89 Å². The highest BCUT2D eigenvalue weighted by Gasteiger charge is 2.47. The lowest BCUT2D eigenvalue weighted by Crippen LogP contribution is -2.62. The number of aryl methyl sites for hydroxylation is 11. The number of ether oxygens (including phenoxy) is 3. The van der Waals surface area contributed by atoms with Crippen molar-refractivity contribution in [2.24, 2.45) is 0 Å². The Morgan fingerprint density at radius 1 is 0.472 bits per heavy atom. The number of esters is 3. The van der Waals surface area contributed by atoms with Crippen LogP contribution in [0.1, 0.15) is 208 Å². The van der Waals surface area contributed by atoms with E-state index in [0.717, 1.165) is 105 Å². The standard InChI is InChI=1S/C33H47NO6.C21H33NO3.C20H31NO3/c1-21-14-26(15-22(2)30(21)36)10-11-29(35)38-13-12-34-32(6,7)19-28(20-33(34,8)9)40-39-25(5)18-27-16-23(3)31(37)24(4)17-27;1-14-10-16(11-15(2)19(14)24)8-9-18(23)25-17-12-20(3,4)22(7)21(5,6)13-17;1-13-9-15(10-14(2)18(13)23)7-8-17(22)24-16-11-19(3,4)21-20(5,6)12-16/h14-17,28,36-37H,5,10-13,18-20H2,1-4,6-9H3;10-11,17,24H,8-9,12-13H2,1-7H3;9-10,16,21,23H,7-8,11-12H2,1-6H3. The van der Waals surface area contributed by atoms with Gasteiger partial charge in [-0.25, -0.2) is 0 Å². The van der Waals surface area contributed by atoms with Gasteiger partial charge in [-0.3, -0.25) is 24.2 Å². The quantitative estimate of drug-likeness (QED) is 0.0195. The highest BCUT2D eigenvalue weighted by molar-refractivity contribution is 5.71. The SMILES string of the molecule is C=C(Cc1cc(C)c(O)c(C)c1)OOC1CC(C)(C)N(CCOC(=O)CCc2cc(C)c(O)c(C)c2)C(C)(C)C1.Cc1cc(CCC(=O)OC2CC(C)(C)N(C)C(C)(C)C2)cc(C)c1O.Cc1cc(CCC(=O)OC2CC(C)(C)NC(C)(C)C2)cc(C)c1O. The molecule has 0 bridgehead atoms. The second-order valence-corrected chi connectivity index (χ2v) is 29.9. The van der Waals surface area contributed by atoms with Crippen LogP contribution in [0.2, 0.25) is 0 Å². The largest absolute Gasteiger partial charge is 0.507 e. The smallest absolute Gasteiger partial charge is 0.306 e. The molecular formula is C74H111N3O12. The average Bonchev–Trinajstić information content (AvgIpc) is 0.864. The van der Waals surface area contributed by atoms with E-state index in [1.807, 2.05) is 104 Å². The van der Waals surface area contributed by atoms with Crippen molar-refractivity contribution >= 4 is 17.9 Å². The summed E-state index contributed by atoms with van der Waals surface area (Å²) in [6.07, 6.45) is 8.13. The number of likely N-dealkylation sites (tertiary alicyclic amines) is 2. The zero-order chi connectivity index (χ0) is 66.9. The van der Waals surface area contributed by atoms with Crippen LogP contribution < -0.4 is 5.32 Å². The van der Waals surface area contributed by atoms with Crippen LogP contribution in [0.5, 0.6) is 23.0 Å². The minimum absolute atomic E-state index is 0.0118. The molecule has 3 heterocycles. The number of rotatable bonds is 19. The van der Waals surface area contributed by atoms with E-state index in [0.29, 0.717) is 86.9 Å². The number of phenolic OH excluding ortho intramolecular Hbond substituents is 4. The predicted molar refractivity (Wildman–Crippen MR) is 355 cm³/mol. The second-order valence-electron chi connectivity index (χ2n) is 29.9. The molecule has 0 aliphatic carbocycles. The molecule has 4 aromatic rings. The summed E-state index contributed by atoms with van der Waals surface area (Å²) >= 11 is 0. The molecule has 15 heteroatoms. The summed E-state index contributed by atoms with van der Waals surface area (Å²) in [6.45, 7) is 46.1. The van der Waals surface area contributed by atoms with Crippen LogP contribution >= 0.6 is 0 Å². The third-order valence-electron chi connectivity index (χ3n) is 18.3. The topological polar surface area (TPSA) is 197 Å². The molecule has 0 aromatic heterocycles. The Kier molecular flexibility index (Phi) is 24.7. The minimum atomic E-state index is -0.219. The van der Waals surface area contributed by atoms with Crippen LogP contribution in [0.4, 0.5) is 0 Å². The van der Waals surface area contributed by atoms with E-state index in [1.54, 1.807) is 0 Å². The molecule has 3 aliphatic heterocycles. The number of hydrogen-bond donors (Lipinski definition) is 5. The summed E-state index contributed by atoms with van der Waals surface area (Å²) < 4.78 is 17.2. The van der Waals surface area contributed by atoms with Gasteiger partial charge in [-0.15, -0.1) is 0 Å². The molecule has 7 rings (SSSR count). The number of carbonyl (C=O) groups is 3. The highest BCUT2D eigenvalue weighted by Crippen LogP contribution is 2.41. The highest BCUT2D eigenvalue weighted by atomic mass is 17.2. The lowest BCUT2D eigenvalue weighted by Gasteiger charge is -2.54. The maximum Gasteiger partial charge on any atom is 0.306 e. The van der Waals surface area contributed by atoms with Crippen molar-refractivity contribution in [2.45, 2.75) is 273 Å². The Labute approximate surface area is 533 Å². The Morgan fingerprint density at radius 2 is 0.775 bits per heavy atom. The summed E-state index contributed by atoms with van der Waals surface area (Å²) in [5.41, 5.74) is 10.4. The number of carbonyl (C=O) groups excluding carboxylic acids is 3. The number of phenols is 4. The van der Waals surface area contributed by atoms with Crippen molar-refractivity contribution in [3.8, 4) is 23.0 Å². The Balaban J connectivity index is 0.000000255. The van der Waals surface area contributed by atoms with Crippen LogP contribution in [0.15, 0.2) is 60.9 Å². The first kappa shape index (κ1) is 73.6. The minimum Gasteiger partial charge on any atom is -0.507 e. The molecule has 89 heavy (non-hydrogen) atoms. The summed E-state index contributed by atoms with van der Waals surface area (Å²) in [7, 11) is 2.15. The maximum absolute atomic E-state index is 12.5. The van der Waals surface area contributed by atoms with E-state index in [2.05, 4.69) is 112 Å². The van der Waals surface area contributed by atoms with E-state index in [-0.39, 0.29) is 69.5 Å². The molecule has 3 saturated heterocycles. The Hall–Kier alpha value is -6.13. The van der Waals surface area contributed by atoms with Crippen LogP contribution in [-0.2, 0) is 64.1 Å². The fourth-order valence-corrected chi connectivity index (χ4v) is 14.2. The Bertz CT molecular complexity index is 2990. The molecule has 0 radical (unpaired) electrons. The van der Waals surface area contributed by atoms with Crippen LogP contribution in [0, 0.1) is 55.4 Å². The van der Waals surface area contributed by atoms with Crippen LogP contribution in [-0.4, -0.2) is 120 Å². The summed E-state index contributed by atoms with van der Waals surface area (Å²) in [6, 6.07) is 15.5. The fourth-order valence-electron chi connectivity index (χ4n) is 14.2. The lowest BCUT2D eigenvalue weighted by molar-refractivity contribution is -0.315. The molecule has 5 N–H and O–H groups in total. The van der Waals surface area contributed by atoms with E-state index in [1.165, 1.54) is 0 Å². The number of benzene rings is 4. The third kappa shape index (κ3) is 21.5. The molecule has 3 fully saturated rings. The number of nitrogens with one attached hydrogen (secondary N) is 1. The molecule has 0 amide bonds. The maximum atomic E-state index is 12.5. The molecule has 0 spiro atoms. The van der Waals surface area contributed by atoms with Gasteiger partial charge in [0.15, 0.2) is 0 Å². The molecule has 4 aromatic carbocycles. The van der Waals surface area contributed by atoms with Gasteiger partial charge in [-0.1, -0.05) is 55.1 Å². The number of piperidine rings is 3. The van der Waals surface area contributed by atoms with E-state index < -0.39 is 0 Å². The van der Waals surface area contributed by atoms with Crippen molar-refractivity contribution in [2.75, 3.05) is 20.2 Å². The monoisotopic (exact) mass is 1230 g/mol. The molecule has 15 nitrogen and oxygen atoms in total. The average molecular weight is 1230 g/mol. The zero-order valence-electron chi connectivity index (χ0n) is 58.1. The summed E-state index contributed by atoms with van der Waals surface area (Å²) in [5.74, 6) is 1.32. The van der Waals surface area contributed by atoms with Gasteiger partial charge in [0, 0.05) is 91.1 Å². The number of hydrogen-bond acceptors (Lipinski definition) is 15. The molecule has 0 unspecified atom stereocenters. The van der Waals surface area contributed by atoms with Crippen LogP contribution in [0.25, 0.3) is 0 Å². The van der Waals surface area contributed by atoms with Crippen molar-refractivity contribution in [1.29, 1.82) is 0 Å². The molecule has 0 atom stereocenters. The first-order valence-electron chi connectivity index (χ1n) is 32.0. The van der Waals surface area contributed by atoms with Crippen LogP contribution in [0.3, 0.4) is 0 Å².